The van der Waals surface area contributed by atoms with Gasteiger partial charge >= 0.3 is 0 Å². The molecule has 0 unspecified atom stereocenters. The van der Waals surface area contributed by atoms with Gasteiger partial charge in [-0.1, -0.05) is 0 Å². The Morgan fingerprint density at radius 3 is 1.82 bits per heavy atom. The van der Waals surface area contributed by atoms with Crippen LogP contribution < -0.4 is 0 Å². The minimum atomic E-state index is 0.0858. The Hall–Kier alpha value is 0.280. The molecule has 0 aromatic carbocycles. The average Bonchev–Trinajstić information content (AvgIpc) is 2.42. The van der Waals surface area contributed by atoms with Crippen molar-refractivity contribution in [3.63, 3.8) is 0 Å². The monoisotopic (exact) mass is 381 g/mol. The van der Waals surface area contributed by atoms with Gasteiger partial charge in [0.1, 0.15) is 0 Å². The number of ether oxygens (including phenoxy) is 4. The van der Waals surface area contributed by atoms with Crippen molar-refractivity contribution >= 4 is 16.1 Å². The smallest absolute Gasteiger partial charge is 0.0704 e. The molecule has 0 N–H and O–H groups in total. The zero-order valence-corrected chi connectivity index (χ0v) is 16.3. The Labute approximate surface area is 143 Å². The van der Waals surface area contributed by atoms with Crippen LogP contribution >= 0.6 is 16.1 Å². The fraction of sp³-hybridized carbons (Fsp3) is 1.00. The number of nitrogens with zero attached hydrogens (tertiary/aromatic N) is 1. The molecule has 0 aromatic heterocycles. The van der Waals surface area contributed by atoms with Crippen LogP contribution in [-0.2, 0) is 18.9 Å². The quantitative estimate of drug-likeness (QED) is 0.429. The standard InChI is InChI=1S/C16H32BrNO4/c1-15(2)12-14(13-16(3,4)18(15)17)22-11-10-21-9-8-20-7-6-19-5/h14H,6-13H2,1-5H3. The van der Waals surface area contributed by atoms with E-state index in [0.29, 0.717) is 39.6 Å². The second-order valence-corrected chi connectivity index (χ2v) is 7.73. The number of hydrogen-bond acceptors (Lipinski definition) is 5. The van der Waals surface area contributed by atoms with Crippen molar-refractivity contribution < 1.29 is 18.9 Å². The fourth-order valence-electron chi connectivity index (χ4n) is 3.02. The highest BCUT2D eigenvalue weighted by atomic mass is 79.9. The van der Waals surface area contributed by atoms with Crippen LogP contribution in [0.5, 0.6) is 0 Å². The van der Waals surface area contributed by atoms with E-state index in [4.69, 9.17) is 18.9 Å². The van der Waals surface area contributed by atoms with Gasteiger partial charge in [-0.05, 0) is 40.5 Å². The number of piperidine rings is 1. The summed E-state index contributed by atoms with van der Waals surface area (Å²) >= 11 is 3.72. The van der Waals surface area contributed by atoms with E-state index in [1.54, 1.807) is 7.11 Å². The lowest BCUT2D eigenvalue weighted by Crippen LogP contribution is -2.57. The summed E-state index contributed by atoms with van der Waals surface area (Å²) in [5, 5.41) is 0. The molecule has 1 aliphatic rings. The summed E-state index contributed by atoms with van der Waals surface area (Å²) in [6.45, 7) is 12.7. The van der Waals surface area contributed by atoms with Crippen LogP contribution in [0.3, 0.4) is 0 Å². The summed E-state index contributed by atoms with van der Waals surface area (Å²) < 4.78 is 24.1. The Bertz CT molecular complexity index is 295. The molecule has 132 valence electrons. The summed E-state index contributed by atoms with van der Waals surface area (Å²) in [6.07, 6.45) is 2.31. The van der Waals surface area contributed by atoms with Gasteiger partial charge in [-0.15, -0.1) is 0 Å². The second kappa shape index (κ2) is 9.55. The van der Waals surface area contributed by atoms with Gasteiger partial charge < -0.3 is 18.9 Å². The molecule has 1 heterocycles. The maximum Gasteiger partial charge on any atom is 0.0704 e. The highest BCUT2D eigenvalue weighted by molar-refractivity contribution is 9.07. The van der Waals surface area contributed by atoms with Crippen LogP contribution in [0.1, 0.15) is 40.5 Å². The highest BCUT2D eigenvalue weighted by Crippen LogP contribution is 2.41. The van der Waals surface area contributed by atoms with E-state index in [-0.39, 0.29) is 17.2 Å². The maximum atomic E-state index is 6.01. The predicted molar refractivity (Wildman–Crippen MR) is 91.4 cm³/mol. The van der Waals surface area contributed by atoms with Crippen LogP contribution in [0.15, 0.2) is 0 Å². The minimum Gasteiger partial charge on any atom is -0.382 e. The molecule has 0 atom stereocenters. The molecule has 1 saturated heterocycles. The number of methoxy groups -OCH3 is 1. The van der Waals surface area contributed by atoms with E-state index in [9.17, 15) is 0 Å². The topological polar surface area (TPSA) is 40.2 Å². The normalized spacial score (nSPS) is 22.1. The van der Waals surface area contributed by atoms with Gasteiger partial charge in [0.2, 0.25) is 0 Å². The zero-order chi connectivity index (χ0) is 16.6. The first-order chi connectivity index (χ1) is 10.3. The second-order valence-electron chi connectivity index (χ2n) is 7.02. The molecule has 0 aliphatic carbocycles. The van der Waals surface area contributed by atoms with Crippen molar-refractivity contribution in [2.75, 3.05) is 46.8 Å². The van der Waals surface area contributed by atoms with Gasteiger partial charge in [0.15, 0.2) is 0 Å². The molecule has 0 amide bonds. The Kier molecular flexibility index (Phi) is 8.82. The van der Waals surface area contributed by atoms with Crippen molar-refractivity contribution in [2.45, 2.75) is 57.7 Å². The van der Waals surface area contributed by atoms with Crippen molar-refractivity contribution in [3.8, 4) is 0 Å². The van der Waals surface area contributed by atoms with E-state index >= 15 is 0 Å². The lowest BCUT2D eigenvalue weighted by atomic mass is 9.81. The molecule has 1 rings (SSSR count). The fourth-order valence-corrected chi connectivity index (χ4v) is 3.31. The third-order valence-electron chi connectivity index (χ3n) is 3.90. The minimum absolute atomic E-state index is 0.0858. The van der Waals surface area contributed by atoms with Crippen molar-refractivity contribution in [1.82, 2.24) is 3.93 Å². The van der Waals surface area contributed by atoms with Crippen LogP contribution in [0, 0.1) is 0 Å². The largest absolute Gasteiger partial charge is 0.382 e. The van der Waals surface area contributed by atoms with Crippen molar-refractivity contribution in [3.05, 3.63) is 0 Å². The molecule has 0 radical (unpaired) electrons. The van der Waals surface area contributed by atoms with Crippen LogP contribution in [0.4, 0.5) is 0 Å². The van der Waals surface area contributed by atoms with Crippen LogP contribution in [-0.4, -0.2) is 67.9 Å². The molecule has 1 aliphatic heterocycles. The summed E-state index contributed by atoms with van der Waals surface area (Å²) in [6, 6.07) is 0. The molecular formula is C16H32BrNO4. The molecule has 5 nitrogen and oxygen atoms in total. The van der Waals surface area contributed by atoms with Gasteiger partial charge in [0.05, 0.1) is 45.7 Å². The molecule has 22 heavy (non-hydrogen) atoms. The van der Waals surface area contributed by atoms with Gasteiger partial charge in [0.25, 0.3) is 0 Å². The van der Waals surface area contributed by atoms with Gasteiger partial charge in [0, 0.05) is 34.3 Å². The first-order valence-electron chi connectivity index (χ1n) is 8.02. The lowest BCUT2D eigenvalue weighted by Gasteiger charge is -2.51. The molecule has 1 fully saturated rings. The molecular weight excluding hydrogens is 350 g/mol. The molecule has 6 heteroatoms. The van der Waals surface area contributed by atoms with E-state index in [1.165, 1.54) is 0 Å². The number of rotatable bonds is 10. The molecule has 0 aromatic rings. The average molecular weight is 382 g/mol. The number of hydrogen-bond donors (Lipinski definition) is 0. The highest BCUT2D eigenvalue weighted by Gasteiger charge is 2.44. The van der Waals surface area contributed by atoms with Crippen LogP contribution in [0.2, 0.25) is 0 Å². The third-order valence-corrected chi connectivity index (χ3v) is 5.82. The maximum absolute atomic E-state index is 6.01. The molecule has 0 bridgehead atoms. The van der Waals surface area contributed by atoms with E-state index in [1.807, 2.05) is 0 Å². The van der Waals surface area contributed by atoms with Crippen molar-refractivity contribution in [2.24, 2.45) is 0 Å². The third kappa shape index (κ3) is 6.81. The Balaban J connectivity index is 2.12. The summed E-state index contributed by atoms with van der Waals surface area (Å²) in [4.78, 5) is 0. The predicted octanol–water partition coefficient (Wildman–Crippen LogP) is 3.01. The van der Waals surface area contributed by atoms with E-state index in [2.05, 4.69) is 47.8 Å². The summed E-state index contributed by atoms with van der Waals surface area (Å²) in [5.41, 5.74) is 0.172. The zero-order valence-electron chi connectivity index (χ0n) is 14.7. The van der Waals surface area contributed by atoms with Gasteiger partial charge in [-0.25, -0.2) is 3.93 Å². The first kappa shape index (κ1) is 20.3. The molecule has 0 spiro atoms. The van der Waals surface area contributed by atoms with Crippen molar-refractivity contribution in [1.29, 1.82) is 0 Å². The Morgan fingerprint density at radius 1 is 0.864 bits per heavy atom. The first-order valence-corrected chi connectivity index (χ1v) is 8.73. The van der Waals surface area contributed by atoms with E-state index < -0.39 is 0 Å². The molecule has 0 saturated carbocycles. The Morgan fingerprint density at radius 2 is 1.32 bits per heavy atom. The van der Waals surface area contributed by atoms with Gasteiger partial charge in [-0.2, -0.15) is 0 Å². The number of halogens is 1. The summed E-state index contributed by atoms with van der Waals surface area (Å²) in [7, 11) is 1.67. The van der Waals surface area contributed by atoms with Gasteiger partial charge in [-0.3, -0.25) is 0 Å². The SMILES string of the molecule is COCCOCCOCCOC1CC(C)(C)N(Br)C(C)(C)C1. The lowest BCUT2D eigenvalue weighted by molar-refractivity contribution is -0.0731. The van der Waals surface area contributed by atoms with Crippen LogP contribution in [0.25, 0.3) is 0 Å². The summed E-state index contributed by atoms with van der Waals surface area (Å²) in [5.74, 6) is 0. The van der Waals surface area contributed by atoms with E-state index in [0.717, 1.165) is 12.8 Å².